The zero-order valence-corrected chi connectivity index (χ0v) is 14.2. The van der Waals surface area contributed by atoms with Crippen LogP contribution in [0.5, 0.6) is 0 Å². The van der Waals surface area contributed by atoms with Crippen LogP contribution in [0.3, 0.4) is 0 Å². The van der Waals surface area contributed by atoms with Gasteiger partial charge in [0.05, 0.1) is 0 Å². The van der Waals surface area contributed by atoms with Gasteiger partial charge in [0.25, 0.3) is 0 Å². The minimum atomic E-state index is -1.07. The molecule has 25 heavy (non-hydrogen) atoms. The summed E-state index contributed by atoms with van der Waals surface area (Å²) in [6, 6.07) is -1.90. The molecule has 0 aromatic carbocycles. The van der Waals surface area contributed by atoms with Crippen molar-refractivity contribution in [2.75, 3.05) is 10.6 Å². The van der Waals surface area contributed by atoms with Crippen molar-refractivity contribution < 1.29 is 24.4 Å². The summed E-state index contributed by atoms with van der Waals surface area (Å²) in [6.07, 6.45) is 0. The van der Waals surface area contributed by atoms with Crippen LogP contribution in [0.2, 0.25) is 0 Å². The zero-order chi connectivity index (χ0) is 18.7. The number of anilines is 2. The number of nitrogens with zero attached hydrogens (tertiary/aromatic N) is 4. The molecular formula is C14H20N6O5. The molecule has 11 heteroatoms. The van der Waals surface area contributed by atoms with Gasteiger partial charge < -0.3 is 20.8 Å². The maximum Gasteiger partial charge on any atom is 0.326 e. The second-order valence-electron chi connectivity index (χ2n) is 6.24. The van der Waals surface area contributed by atoms with Crippen molar-refractivity contribution in [2.24, 2.45) is 11.8 Å². The highest BCUT2D eigenvalue weighted by molar-refractivity contribution is 5.83. The lowest BCUT2D eigenvalue weighted by Gasteiger charge is -2.23. The second kappa shape index (κ2) is 7.28. The molecule has 0 bridgehead atoms. The van der Waals surface area contributed by atoms with Gasteiger partial charge in [-0.1, -0.05) is 27.7 Å². The SMILES string of the molecule is CC(C)C(Nc1nc2nonc2nc1N[C@H](C(=O)O)C(C)C)C(=O)O. The number of carboxylic acids is 2. The Hall–Kier alpha value is -2.98. The Morgan fingerprint density at radius 1 is 0.840 bits per heavy atom. The summed E-state index contributed by atoms with van der Waals surface area (Å²) in [6.45, 7) is 6.93. The molecule has 4 N–H and O–H groups in total. The molecule has 2 aromatic heterocycles. The van der Waals surface area contributed by atoms with Crippen LogP contribution in [-0.4, -0.2) is 54.5 Å². The number of aromatic nitrogens is 4. The quantitative estimate of drug-likeness (QED) is 0.537. The van der Waals surface area contributed by atoms with Crippen LogP contribution in [0.15, 0.2) is 4.63 Å². The zero-order valence-electron chi connectivity index (χ0n) is 14.2. The third-order valence-electron chi connectivity index (χ3n) is 3.56. The van der Waals surface area contributed by atoms with E-state index < -0.39 is 24.0 Å². The van der Waals surface area contributed by atoms with Gasteiger partial charge in [0.15, 0.2) is 11.6 Å². The number of rotatable bonds is 8. The first-order chi connectivity index (χ1) is 11.7. The van der Waals surface area contributed by atoms with E-state index in [4.69, 9.17) is 0 Å². The van der Waals surface area contributed by atoms with Crippen molar-refractivity contribution in [3.63, 3.8) is 0 Å². The molecule has 2 heterocycles. The molecule has 0 aliphatic rings. The number of fused-ring (bicyclic) bond motifs is 1. The third kappa shape index (κ3) is 4.11. The lowest BCUT2D eigenvalue weighted by molar-refractivity contribution is -0.139. The van der Waals surface area contributed by atoms with Crippen LogP contribution in [0.1, 0.15) is 27.7 Å². The molecule has 0 spiro atoms. The van der Waals surface area contributed by atoms with Crippen LogP contribution in [0, 0.1) is 11.8 Å². The molecule has 2 rings (SSSR count). The van der Waals surface area contributed by atoms with E-state index in [0.29, 0.717) is 0 Å². The number of carboxylic acid groups (broad SMARTS) is 2. The fourth-order valence-electron chi connectivity index (χ4n) is 2.16. The molecule has 0 saturated heterocycles. The van der Waals surface area contributed by atoms with E-state index >= 15 is 0 Å². The fourth-order valence-corrected chi connectivity index (χ4v) is 2.16. The van der Waals surface area contributed by atoms with Gasteiger partial charge in [0.1, 0.15) is 12.1 Å². The van der Waals surface area contributed by atoms with Gasteiger partial charge in [0.2, 0.25) is 11.3 Å². The van der Waals surface area contributed by atoms with Gasteiger partial charge in [0, 0.05) is 0 Å². The molecule has 0 saturated carbocycles. The largest absolute Gasteiger partial charge is 0.480 e. The highest BCUT2D eigenvalue weighted by Crippen LogP contribution is 2.24. The summed E-state index contributed by atoms with van der Waals surface area (Å²) in [5, 5.41) is 31.4. The van der Waals surface area contributed by atoms with Crippen LogP contribution in [0.4, 0.5) is 11.6 Å². The molecule has 11 nitrogen and oxygen atoms in total. The predicted octanol–water partition coefficient (Wildman–Crippen LogP) is 1.05. The van der Waals surface area contributed by atoms with Crippen LogP contribution >= 0.6 is 0 Å². The molecule has 0 aliphatic carbocycles. The third-order valence-corrected chi connectivity index (χ3v) is 3.56. The number of carbonyl (C=O) groups is 2. The highest BCUT2D eigenvalue weighted by Gasteiger charge is 2.27. The first kappa shape index (κ1) is 18.4. The number of aliphatic carboxylic acids is 2. The Balaban J connectivity index is 2.45. The lowest BCUT2D eigenvalue weighted by atomic mass is 10.0. The highest BCUT2D eigenvalue weighted by atomic mass is 16.6. The summed E-state index contributed by atoms with van der Waals surface area (Å²) in [5.41, 5.74) is 0.162. The Labute approximate surface area is 142 Å². The average molecular weight is 352 g/mol. The smallest absolute Gasteiger partial charge is 0.326 e. The standard InChI is InChI=1S/C14H20N6O5/c1-5(2)7(13(21)22)15-9-10(16-8(6(3)4)14(23)24)18-12-11(17-9)19-25-20-12/h5-8H,1-4H3,(H,21,22)(H,23,24)(H,15,17,19)(H,16,18,20)/t7-,8?/m0/s1. The Morgan fingerprint density at radius 3 is 1.48 bits per heavy atom. The van der Waals surface area contributed by atoms with E-state index in [1.54, 1.807) is 27.7 Å². The molecule has 1 unspecified atom stereocenters. The van der Waals surface area contributed by atoms with Gasteiger partial charge in [-0.25, -0.2) is 24.2 Å². The summed E-state index contributed by atoms with van der Waals surface area (Å²) < 4.78 is 4.56. The van der Waals surface area contributed by atoms with Crippen LogP contribution in [-0.2, 0) is 9.59 Å². The summed E-state index contributed by atoms with van der Waals surface area (Å²) in [7, 11) is 0. The van der Waals surface area contributed by atoms with Gasteiger partial charge in [-0.3, -0.25) is 0 Å². The van der Waals surface area contributed by atoms with Crippen molar-refractivity contribution in [1.82, 2.24) is 20.3 Å². The van der Waals surface area contributed by atoms with Gasteiger partial charge in [-0.2, -0.15) is 0 Å². The first-order valence-electron chi connectivity index (χ1n) is 7.69. The van der Waals surface area contributed by atoms with Crippen molar-refractivity contribution in [1.29, 1.82) is 0 Å². The molecule has 2 aromatic rings. The van der Waals surface area contributed by atoms with Crippen molar-refractivity contribution in [2.45, 2.75) is 39.8 Å². The second-order valence-corrected chi connectivity index (χ2v) is 6.24. The predicted molar refractivity (Wildman–Crippen MR) is 87.2 cm³/mol. The minimum absolute atomic E-state index is 0.0659. The van der Waals surface area contributed by atoms with Crippen LogP contribution < -0.4 is 10.6 Å². The van der Waals surface area contributed by atoms with E-state index in [1.165, 1.54) is 0 Å². The number of hydrogen-bond donors (Lipinski definition) is 4. The summed E-state index contributed by atoms with van der Waals surface area (Å²) in [4.78, 5) is 31.2. The number of nitrogens with one attached hydrogen (secondary N) is 2. The Bertz CT molecular complexity index is 712. The van der Waals surface area contributed by atoms with E-state index in [0.717, 1.165) is 0 Å². The maximum absolute atomic E-state index is 11.4. The summed E-state index contributed by atoms with van der Waals surface area (Å²) >= 11 is 0. The van der Waals surface area contributed by atoms with Crippen LogP contribution in [0.25, 0.3) is 11.3 Å². The molecular weight excluding hydrogens is 332 g/mol. The van der Waals surface area contributed by atoms with Gasteiger partial charge >= 0.3 is 11.9 Å². The molecule has 0 radical (unpaired) electrons. The first-order valence-corrected chi connectivity index (χ1v) is 7.69. The molecule has 2 atom stereocenters. The minimum Gasteiger partial charge on any atom is -0.480 e. The average Bonchev–Trinajstić information content (AvgIpc) is 2.95. The monoisotopic (exact) mass is 352 g/mol. The fraction of sp³-hybridized carbons (Fsp3) is 0.571. The van der Waals surface area contributed by atoms with Crippen molar-refractivity contribution >= 4 is 34.9 Å². The molecule has 136 valence electrons. The Morgan fingerprint density at radius 2 is 1.20 bits per heavy atom. The van der Waals surface area contributed by atoms with Crippen molar-refractivity contribution in [3.8, 4) is 0 Å². The van der Waals surface area contributed by atoms with E-state index in [9.17, 15) is 19.8 Å². The normalized spacial score (nSPS) is 13.8. The topological polar surface area (TPSA) is 163 Å². The van der Waals surface area contributed by atoms with Gasteiger partial charge in [-0.05, 0) is 22.1 Å². The molecule has 0 aliphatic heterocycles. The lowest BCUT2D eigenvalue weighted by Crippen LogP contribution is -2.37. The maximum atomic E-state index is 11.4. The van der Waals surface area contributed by atoms with E-state index in [2.05, 4.69) is 35.5 Å². The number of hydrogen-bond acceptors (Lipinski definition) is 9. The molecule has 0 amide bonds. The van der Waals surface area contributed by atoms with E-state index in [1.807, 2.05) is 0 Å². The Kier molecular flexibility index (Phi) is 5.35. The summed E-state index contributed by atoms with van der Waals surface area (Å²) in [5.74, 6) is -2.51. The van der Waals surface area contributed by atoms with E-state index in [-0.39, 0.29) is 34.8 Å². The molecule has 0 fully saturated rings. The van der Waals surface area contributed by atoms with Gasteiger partial charge in [-0.15, -0.1) is 0 Å². The van der Waals surface area contributed by atoms with Crippen molar-refractivity contribution in [3.05, 3.63) is 0 Å².